The molecular formula is C26H31F4IO. The standard InChI is InChI=1S/C26H31F4IO/c1-2-3-4-5-6-7-8-9-10-11-18-32-20-15-12-19(13-16-20)14-17-21-22(27)24(29)26(31)25(30)23(21)28/h12-17H,2-11,18H2,1H3/b17-14+. The molecular weight excluding hydrogens is 531 g/mol. The second-order valence-corrected chi connectivity index (χ2v) is 9.00. The van der Waals surface area contributed by atoms with Crippen LogP contribution in [0.2, 0.25) is 0 Å². The fourth-order valence-electron chi connectivity index (χ4n) is 3.40. The van der Waals surface area contributed by atoms with Crippen molar-refractivity contribution in [2.45, 2.75) is 71.1 Å². The first kappa shape index (κ1) is 26.7. The molecule has 0 aliphatic carbocycles. The topological polar surface area (TPSA) is 9.23 Å². The van der Waals surface area contributed by atoms with Crippen molar-refractivity contribution in [3.63, 3.8) is 0 Å². The zero-order chi connectivity index (χ0) is 23.3. The Labute approximate surface area is 202 Å². The van der Waals surface area contributed by atoms with Gasteiger partial charge in [-0.1, -0.05) is 82.9 Å². The van der Waals surface area contributed by atoms with Gasteiger partial charge in [0.1, 0.15) is 5.75 Å². The van der Waals surface area contributed by atoms with E-state index in [0.717, 1.165) is 18.9 Å². The molecule has 0 aromatic heterocycles. The van der Waals surface area contributed by atoms with Crippen LogP contribution in [0, 0.1) is 26.8 Å². The van der Waals surface area contributed by atoms with Crippen molar-refractivity contribution in [2.75, 3.05) is 6.61 Å². The summed E-state index contributed by atoms with van der Waals surface area (Å²) in [7, 11) is 0. The van der Waals surface area contributed by atoms with Gasteiger partial charge in [0.15, 0.2) is 23.3 Å². The van der Waals surface area contributed by atoms with Crippen LogP contribution < -0.4 is 4.74 Å². The third-order valence-corrected chi connectivity index (χ3v) is 6.28. The molecule has 0 N–H and O–H groups in total. The highest BCUT2D eigenvalue weighted by atomic mass is 127. The molecule has 0 amide bonds. The normalized spacial score (nSPS) is 11.4. The lowest BCUT2D eigenvalue weighted by atomic mass is 10.1. The Morgan fingerprint density at radius 2 is 1.19 bits per heavy atom. The SMILES string of the molecule is CCCCCCCCCCCCOc1ccc(/C=C/c2c(F)c(F)c(I)c(F)c2F)cc1. The molecule has 1 nitrogen and oxygen atoms in total. The smallest absolute Gasteiger partial charge is 0.175 e. The van der Waals surface area contributed by atoms with Gasteiger partial charge in [-0.15, -0.1) is 0 Å². The van der Waals surface area contributed by atoms with Crippen molar-refractivity contribution in [3.05, 3.63) is 62.2 Å². The van der Waals surface area contributed by atoms with E-state index in [-0.39, 0.29) is 0 Å². The monoisotopic (exact) mass is 562 g/mol. The molecule has 0 saturated carbocycles. The van der Waals surface area contributed by atoms with E-state index in [9.17, 15) is 17.6 Å². The van der Waals surface area contributed by atoms with E-state index in [1.165, 1.54) is 80.0 Å². The average Bonchev–Trinajstić information content (AvgIpc) is 2.80. The molecule has 2 aromatic rings. The number of hydrogen-bond donors (Lipinski definition) is 0. The maximum Gasteiger partial charge on any atom is 0.175 e. The van der Waals surface area contributed by atoms with Crippen molar-refractivity contribution in [2.24, 2.45) is 0 Å². The van der Waals surface area contributed by atoms with Crippen LogP contribution in [0.1, 0.15) is 82.3 Å². The second-order valence-electron chi connectivity index (χ2n) is 7.92. The fraction of sp³-hybridized carbons (Fsp3) is 0.462. The lowest BCUT2D eigenvalue weighted by Gasteiger charge is -2.07. The zero-order valence-electron chi connectivity index (χ0n) is 18.5. The van der Waals surface area contributed by atoms with Gasteiger partial charge in [-0.25, -0.2) is 17.6 Å². The van der Waals surface area contributed by atoms with E-state index in [2.05, 4.69) is 6.92 Å². The van der Waals surface area contributed by atoms with Crippen molar-refractivity contribution in [1.82, 2.24) is 0 Å². The molecule has 2 aromatic carbocycles. The molecule has 32 heavy (non-hydrogen) atoms. The van der Waals surface area contributed by atoms with Gasteiger partial charge >= 0.3 is 0 Å². The van der Waals surface area contributed by atoms with Gasteiger partial charge in [-0.05, 0) is 52.8 Å². The third kappa shape index (κ3) is 8.41. The first-order chi connectivity index (χ1) is 15.5. The molecule has 0 unspecified atom stereocenters. The van der Waals surface area contributed by atoms with E-state index in [1.807, 2.05) is 0 Å². The minimum atomic E-state index is -1.40. The highest BCUT2D eigenvalue weighted by molar-refractivity contribution is 14.1. The maximum absolute atomic E-state index is 13.9. The summed E-state index contributed by atoms with van der Waals surface area (Å²) >= 11 is 1.24. The highest BCUT2D eigenvalue weighted by Crippen LogP contribution is 2.27. The molecule has 0 bridgehead atoms. The summed E-state index contributed by atoms with van der Waals surface area (Å²) in [6.45, 7) is 2.88. The summed E-state index contributed by atoms with van der Waals surface area (Å²) in [6.07, 6.45) is 15.1. The van der Waals surface area contributed by atoms with E-state index in [4.69, 9.17) is 4.74 Å². The van der Waals surface area contributed by atoms with E-state index in [1.54, 1.807) is 24.3 Å². The number of ether oxygens (including phenoxy) is 1. The Hall–Kier alpha value is -1.57. The fourth-order valence-corrected chi connectivity index (χ4v) is 3.88. The highest BCUT2D eigenvalue weighted by Gasteiger charge is 2.22. The predicted octanol–water partition coefficient (Wildman–Crippen LogP) is 9.32. The van der Waals surface area contributed by atoms with E-state index in [0.29, 0.717) is 17.9 Å². The van der Waals surface area contributed by atoms with E-state index < -0.39 is 32.4 Å². The molecule has 0 saturated heterocycles. The molecule has 176 valence electrons. The van der Waals surface area contributed by atoms with Crippen LogP contribution in [0.4, 0.5) is 17.6 Å². The molecule has 0 spiro atoms. The Morgan fingerprint density at radius 3 is 1.72 bits per heavy atom. The molecule has 0 aliphatic rings. The summed E-state index contributed by atoms with van der Waals surface area (Å²) in [5, 5.41) is 0. The summed E-state index contributed by atoms with van der Waals surface area (Å²) in [4.78, 5) is 0. The first-order valence-electron chi connectivity index (χ1n) is 11.4. The van der Waals surface area contributed by atoms with Crippen molar-refractivity contribution < 1.29 is 22.3 Å². The van der Waals surface area contributed by atoms with Crippen molar-refractivity contribution in [3.8, 4) is 5.75 Å². The van der Waals surface area contributed by atoms with Crippen LogP contribution >= 0.6 is 22.6 Å². The van der Waals surface area contributed by atoms with Crippen LogP contribution in [0.25, 0.3) is 12.2 Å². The van der Waals surface area contributed by atoms with Gasteiger partial charge in [-0.2, -0.15) is 0 Å². The van der Waals surface area contributed by atoms with Gasteiger partial charge in [-0.3, -0.25) is 0 Å². The minimum Gasteiger partial charge on any atom is -0.494 e. The Balaban J connectivity index is 1.72. The number of hydrogen-bond acceptors (Lipinski definition) is 1. The lowest BCUT2D eigenvalue weighted by molar-refractivity contribution is 0.304. The van der Waals surface area contributed by atoms with Crippen LogP contribution in [-0.4, -0.2) is 6.61 Å². The third-order valence-electron chi connectivity index (χ3n) is 5.33. The summed E-state index contributed by atoms with van der Waals surface area (Å²) in [5.41, 5.74) is -0.101. The van der Waals surface area contributed by atoms with Crippen molar-refractivity contribution in [1.29, 1.82) is 0 Å². The quantitative estimate of drug-likeness (QED) is 0.0557. The maximum atomic E-state index is 13.9. The average molecular weight is 562 g/mol. The lowest BCUT2D eigenvalue weighted by Crippen LogP contribution is -2.02. The van der Waals surface area contributed by atoms with Crippen LogP contribution in [-0.2, 0) is 0 Å². The molecule has 0 atom stereocenters. The number of rotatable bonds is 14. The van der Waals surface area contributed by atoms with Crippen molar-refractivity contribution >= 4 is 34.7 Å². The largest absolute Gasteiger partial charge is 0.494 e. The molecule has 2 rings (SSSR count). The van der Waals surface area contributed by atoms with Gasteiger partial charge < -0.3 is 4.74 Å². The Kier molecular flexibility index (Phi) is 12.1. The van der Waals surface area contributed by atoms with Gasteiger partial charge in [0.05, 0.1) is 15.7 Å². The van der Waals surface area contributed by atoms with Gasteiger partial charge in [0.25, 0.3) is 0 Å². The zero-order valence-corrected chi connectivity index (χ0v) is 20.7. The number of unbranched alkanes of at least 4 members (excludes halogenated alkanes) is 9. The molecule has 0 aliphatic heterocycles. The Morgan fingerprint density at radius 1 is 0.688 bits per heavy atom. The molecule has 0 radical (unpaired) electrons. The van der Waals surface area contributed by atoms with Crippen LogP contribution in [0.3, 0.4) is 0 Å². The summed E-state index contributed by atoms with van der Waals surface area (Å²) in [5.74, 6) is -4.87. The number of benzene rings is 2. The second kappa shape index (κ2) is 14.6. The first-order valence-corrected chi connectivity index (χ1v) is 12.5. The van der Waals surface area contributed by atoms with Crippen LogP contribution in [0.15, 0.2) is 24.3 Å². The predicted molar refractivity (Wildman–Crippen MR) is 132 cm³/mol. The summed E-state index contributed by atoms with van der Waals surface area (Å²) in [6, 6.07) is 6.97. The summed E-state index contributed by atoms with van der Waals surface area (Å²) < 4.78 is 60.3. The molecule has 0 heterocycles. The minimum absolute atomic E-state index is 0.634. The molecule has 6 heteroatoms. The molecule has 0 fully saturated rings. The number of halogens is 5. The Bertz CT molecular complexity index is 836. The van der Waals surface area contributed by atoms with Gasteiger partial charge in [0, 0.05) is 0 Å². The van der Waals surface area contributed by atoms with Crippen LogP contribution in [0.5, 0.6) is 5.75 Å². The van der Waals surface area contributed by atoms with E-state index >= 15 is 0 Å². The van der Waals surface area contributed by atoms with Gasteiger partial charge in [0.2, 0.25) is 0 Å².